The maximum absolute atomic E-state index is 11.2. The number of hydrogen-bond acceptors (Lipinski definition) is 35. The number of ether oxygens (including phenoxy) is 11. The van der Waals surface area contributed by atoms with Crippen molar-refractivity contribution in [3.05, 3.63) is 0 Å². The first-order valence-corrected chi connectivity index (χ1v) is 23.1. The molecule has 38 heteroatoms. The van der Waals surface area contributed by atoms with Crippen LogP contribution in [0.1, 0.15) is 0 Å². The topological polar surface area (TPSA) is 586 Å². The van der Waals surface area contributed by atoms with Gasteiger partial charge in [-0.15, -0.1) is 0 Å². The van der Waals surface area contributed by atoms with Crippen molar-refractivity contribution in [1.82, 2.24) is 0 Å². The Kier molecular flexibility index (Phi) is 28.0. The summed E-state index contributed by atoms with van der Waals surface area (Å²) in [5, 5.41) is 209. The molecule has 0 bridgehead atoms. The Labute approximate surface area is 462 Å². The van der Waals surface area contributed by atoms with Crippen molar-refractivity contribution < 1.29 is 231 Å². The quantitative estimate of drug-likeness (QED) is 0.0388. The zero-order chi connectivity index (χ0) is 53.8. The van der Waals surface area contributed by atoms with Crippen LogP contribution in [0.25, 0.3) is 0 Å². The smallest absolute Gasteiger partial charge is 0.759 e. The van der Waals surface area contributed by atoms with Crippen LogP contribution >= 0.6 is 0 Å². The molecule has 6 heterocycles. The molecule has 6 aliphatic rings. The molecule has 0 spiro atoms. The van der Waals surface area contributed by atoms with Gasteiger partial charge in [-0.1, -0.05) is 0 Å². The minimum atomic E-state index is -5.17. The fraction of sp³-hybridized carbons (Fsp3) is 1.00. The molecule has 0 aliphatic carbocycles. The van der Waals surface area contributed by atoms with Crippen LogP contribution in [0.3, 0.4) is 0 Å². The number of aliphatic hydroxyl groups excluding tert-OH is 20. The van der Waals surface area contributed by atoms with Gasteiger partial charge in [0, 0.05) is 10.4 Å². The molecule has 6 saturated heterocycles. The Balaban J connectivity index is 0.00000197. The predicted octanol–water partition coefficient (Wildman–Crippen LogP) is -21.4. The van der Waals surface area contributed by atoms with Crippen LogP contribution in [0.5, 0.6) is 0 Å². The third-order valence-corrected chi connectivity index (χ3v) is 12.4. The van der Waals surface area contributed by atoms with E-state index in [4.69, 9.17) is 69.6 Å². The maximum Gasteiger partial charge on any atom is 1.00 e. The summed E-state index contributed by atoms with van der Waals surface area (Å²) in [5.41, 5.74) is 0. The van der Waals surface area contributed by atoms with Crippen molar-refractivity contribution in [3.8, 4) is 0 Å². The van der Waals surface area contributed by atoms with Crippen LogP contribution in [0.15, 0.2) is 0 Å². The van der Waals surface area contributed by atoms with E-state index in [-0.39, 0.29) is 59.1 Å². The molecule has 6 aliphatic heterocycles. The van der Waals surface area contributed by atoms with E-state index in [1.165, 1.54) is 0 Å². The summed E-state index contributed by atoms with van der Waals surface area (Å²) in [6.45, 7) is -5.67. The Morgan fingerprint density at radius 3 is 0.716 bits per heavy atom. The van der Waals surface area contributed by atoms with Gasteiger partial charge in [-0.05, 0) is 0 Å². The fourth-order valence-corrected chi connectivity index (χ4v) is 8.52. The summed E-state index contributed by atoms with van der Waals surface area (Å²) < 4.78 is 94.6. The van der Waals surface area contributed by atoms with E-state index >= 15 is 0 Å². The summed E-state index contributed by atoms with van der Waals surface area (Å²) in [5.74, 6) is 0. The minimum Gasteiger partial charge on any atom is -0.759 e. The van der Waals surface area contributed by atoms with Crippen LogP contribution in [-0.2, 0) is 62.5 Å². The molecule has 0 aromatic rings. The number of hydrogen-bond donors (Lipinski definition) is 20. The predicted molar refractivity (Wildman–Crippen MR) is 210 cm³/mol. The van der Waals surface area contributed by atoms with Crippen LogP contribution in [0.4, 0.5) is 0 Å². The molecule has 74 heavy (non-hydrogen) atoms. The molecule has 30 atom stereocenters. The second-order valence-electron chi connectivity index (χ2n) is 17.2. The summed E-state index contributed by atoms with van der Waals surface area (Å²) in [6.07, 6.45) is -56.5. The van der Waals surface area contributed by atoms with E-state index in [9.17, 15) is 102 Å². The van der Waals surface area contributed by atoms with Crippen molar-refractivity contribution in [1.29, 1.82) is 0 Å². The largest absolute Gasteiger partial charge is 1.00 e. The molecule has 35 nitrogen and oxygen atoms in total. The summed E-state index contributed by atoms with van der Waals surface area (Å²) in [4.78, 5) is 0. The molecule has 0 saturated carbocycles. The second kappa shape index (κ2) is 30.1. The molecule has 0 amide bonds. The van der Waals surface area contributed by atoms with E-state index in [0.717, 1.165) is 0 Å². The molecule has 6 rings (SSSR count). The average Bonchev–Trinajstić information content (AvgIpc) is 3.34. The molecule has 0 radical (unpaired) electrons. The Morgan fingerprint density at radius 1 is 0.297 bits per heavy atom. The van der Waals surface area contributed by atoms with E-state index in [0.29, 0.717) is 0 Å². The summed E-state index contributed by atoms with van der Waals surface area (Å²) in [6, 6.07) is 0. The van der Waals surface area contributed by atoms with Gasteiger partial charge in [0.1, 0.15) is 146 Å². The molecule has 0 aromatic carbocycles. The molecule has 6 fully saturated rings. The van der Waals surface area contributed by atoms with E-state index < -0.39 is 234 Å². The first-order valence-electron chi connectivity index (χ1n) is 21.8. The summed E-state index contributed by atoms with van der Waals surface area (Å²) in [7, 11) is -5.17. The monoisotopic (exact) mass is 1130 g/mol. The van der Waals surface area contributed by atoms with Crippen molar-refractivity contribution in [2.45, 2.75) is 184 Å². The van der Waals surface area contributed by atoms with Gasteiger partial charge in [0.05, 0.1) is 39.6 Å². The molecule has 424 valence electrons. The van der Waals surface area contributed by atoms with Gasteiger partial charge in [-0.25, -0.2) is 0 Å². The molecule has 20 N–H and O–H groups in total. The van der Waals surface area contributed by atoms with E-state index in [2.05, 4.69) is 0 Å². The van der Waals surface area contributed by atoms with Crippen LogP contribution < -0.4 is 59.1 Å². The second-order valence-corrected chi connectivity index (χ2v) is 18.0. The van der Waals surface area contributed by atoms with E-state index in [1.807, 2.05) is 0 Å². The standard InChI is InChI=1S/C36H62O31.2Na.H2O4S/c37-1-7-13(43)14(44)21(51)32(58-7)64-27-9(3-39)60-34(23(53)16(27)46)66-29-11(5-41)62-36(25(55)18(29)48)67-30-12(6-42)61-35(24(54)19(30)49)65-28-10(4-40)59-33(22(52)17(28)47)63-26-8(2-38)57-31(56)20(50)15(26)45;;;1-5(2,3)4/h7-56H,1-6H2;;;(H2,1,2,3,4)/q;2*+1;/p-2/t7-,8-,9-,10-,11-,12-,13-,14+,15-,16-,17-,18-,19-,20-,21-,22-,23-,24-,25-,26-,27-,28-,29-,30-,31+,32-,33-,34-,35-,36-;;;/m1.../s1. The summed E-state index contributed by atoms with van der Waals surface area (Å²) >= 11 is 0. The average molecular weight is 1130 g/mol. The first-order chi connectivity index (χ1) is 33.8. The Morgan fingerprint density at radius 2 is 0.486 bits per heavy atom. The molecular formula is C36H62Na2O35S. The van der Waals surface area contributed by atoms with Gasteiger partial charge in [0.15, 0.2) is 37.7 Å². The van der Waals surface area contributed by atoms with Crippen molar-refractivity contribution in [2.75, 3.05) is 39.6 Å². The van der Waals surface area contributed by atoms with Gasteiger partial charge in [0.2, 0.25) is 0 Å². The maximum atomic E-state index is 11.2. The van der Waals surface area contributed by atoms with Crippen LogP contribution in [-0.4, -0.2) is 344 Å². The van der Waals surface area contributed by atoms with Crippen LogP contribution in [0, 0.1) is 0 Å². The van der Waals surface area contributed by atoms with Gasteiger partial charge >= 0.3 is 59.1 Å². The van der Waals surface area contributed by atoms with Gasteiger partial charge in [-0.2, -0.15) is 0 Å². The number of aliphatic hydroxyl groups is 20. The Bertz CT molecular complexity index is 1740. The van der Waals surface area contributed by atoms with Crippen LogP contribution in [0.2, 0.25) is 0 Å². The molecular weight excluding hydrogens is 1070 g/mol. The molecule has 0 unspecified atom stereocenters. The van der Waals surface area contributed by atoms with Gasteiger partial charge in [-0.3, -0.25) is 8.42 Å². The van der Waals surface area contributed by atoms with Gasteiger partial charge in [0.25, 0.3) is 0 Å². The van der Waals surface area contributed by atoms with Crippen molar-refractivity contribution in [3.63, 3.8) is 0 Å². The zero-order valence-corrected chi connectivity index (χ0v) is 43.9. The third kappa shape index (κ3) is 16.0. The third-order valence-electron chi connectivity index (χ3n) is 12.4. The first kappa shape index (κ1) is 68.9. The van der Waals surface area contributed by atoms with E-state index in [1.54, 1.807) is 0 Å². The minimum absolute atomic E-state index is 0. The Hall–Kier alpha value is 0.630. The van der Waals surface area contributed by atoms with Crippen molar-refractivity contribution in [2.24, 2.45) is 0 Å². The zero-order valence-electron chi connectivity index (χ0n) is 39.0. The number of rotatable bonds is 16. The fourth-order valence-electron chi connectivity index (χ4n) is 8.52. The SMILES string of the molecule is O=S(=O)([O-])[O-].OC[C@H]1O[C@H](O[C@H]2[C@H](O)[C@@H](O)[C@@H](O[C@H]3[C@H](O)[C@@H](O)[C@@H](O[C@H]4[C@H](O)[C@@H](O)[C@@H](O[C@H]5[C@H](O)[C@@H](O)[C@@H](O[C@H]6[C@H](O)[C@@H](O)[C@@H](O)O[C@@H]6CO)O[C@@H]5CO)O[C@@H]4CO)O[C@@H]3CO)O[C@@H]2CO)[C@H](O)[C@@H](O)[C@@H]1O.[Na+].[Na+]. The molecule has 0 aromatic heterocycles. The van der Waals surface area contributed by atoms with Crippen molar-refractivity contribution >= 4 is 10.4 Å². The van der Waals surface area contributed by atoms with Gasteiger partial charge < -0.3 is 163 Å². The normalized spacial score (nSPS) is 49.1.